The van der Waals surface area contributed by atoms with Crippen molar-refractivity contribution in [3.63, 3.8) is 0 Å². The Bertz CT molecular complexity index is 2240. The summed E-state index contributed by atoms with van der Waals surface area (Å²) < 4.78 is 6.30. The average Bonchev–Trinajstić information content (AvgIpc) is 3.04. The van der Waals surface area contributed by atoms with Gasteiger partial charge in [-0.25, -0.2) is 0 Å². The lowest BCUT2D eigenvalue weighted by Gasteiger charge is -2.37. The van der Waals surface area contributed by atoms with Crippen LogP contribution in [0.25, 0.3) is 22.3 Å². The van der Waals surface area contributed by atoms with Gasteiger partial charge in [-0.3, -0.25) is 9.59 Å². The van der Waals surface area contributed by atoms with Gasteiger partial charge in [-0.2, -0.15) is 0 Å². The maximum atomic E-state index is 14.5. The van der Waals surface area contributed by atoms with Crippen LogP contribution in [0.4, 0.5) is 0 Å². The van der Waals surface area contributed by atoms with Gasteiger partial charge in [0.05, 0.1) is 16.5 Å². The number of allylic oxidation sites excluding steroid dienone is 4. The lowest BCUT2D eigenvalue weighted by atomic mass is 9.65. The van der Waals surface area contributed by atoms with Gasteiger partial charge in [0.2, 0.25) is 0 Å². The van der Waals surface area contributed by atoms with Gasteiger partial charge >= 0.3 is 0 Å². The second kappa shape index (κ2) is 12.9. The van der Waals surface area contributed by atoms with E-state index in [-0.39, 0.29) is 63.7 Å². The van der Waals surface area contributed by atoms with E-state index in [9.17, 15) is 40.2 Å². The molecule has 0 unspecified atom stereocenters. The summed E-state index contributed by atoms with van der Waals surface area (Å²) in [6.07, 6.45) is 4.14. The topological polar surface area (TPSA) is 169 Å². The van der Waals surface area contributed by atoms with Crippen LogP contribution in [0.1, 0.15) is 66.1 Å². The highest BCUT2D eigenvalue weighted by Crippen LogP contribution is 2.54. The van der Waals surface area contributed by atoms with Crippen molar-refractivity contribution in [2.24, 2.45) is 5.92 Å². The Morgan fingerprint density at radius 1 is 0.857 bits per heavy atom. The number of hydrogen-bond donors (Lipinski definition) is 6. The van der Waals surface area contributed by atoms with E-state index in [0.717, 1.165) is 17.2 Å². The first-order chi connectivity index (χ1) is 23.3. The summed E-state index contributed by atoms with van der Waals surface area (Å²) in [4.78, 5) is 28.3. The zero-order chi connectivity index (χ0) is 35.1. The Morgan fingerprint density at radius 2 is 1.55 bits per heavy atom. The van der Waals surface area contributed by atoms with Crippen LogP contribution in [-0.2, 0) is 6.42 Å². The van der Waals surface area contributed by atoms with Gasteiger partial charge < -0.3 is 35.1 Å². The predicted molar refractivity (Wildman–Crippen MR) is 186 cm³/mol. The molecule has 1 aliphatic rings. The summed E-state index contributed by atoms with van der Waals surface area (Å²) >= 11 is 0. The van der Waals surface area contributed by atoms with E-state index in [4.69, 9.17) is 4.42 Å². The molecule has 0 radical (unpaired) electrons. The first kappa shape index (κ1) is 33.0. The quantitative estimate of drug-likeness (QED) is 0.0750. The van der Waals surface area contributed by atoms with E-state index < -0.39 is 35.0 Å². The summed E-state index contributed by atoms with van der Waals surface area (Å²) in [5, 5.41) is 65.6. The van der Waals surface area contributed by atoms with Crippen LogP contribution in [0.15, 0.2) is 105 Å². The second-order valence-corrected chi connectivity index (χ2v) is 12.8. The third-order valence-corrected chi connectivity index (χ3v) is 9.17. The average molecular weight is 661 g/mol. The standard InChI is InChI=1S/C40H36O9/c1-20(2)8-11-27-37(46)26-6-4-5-7-34(26)49-40(27)28-14-15-31(43)36(39(28)48)30-17-21(3)16-29(24-12-9-22(41)18-32(24)44)35(30)38(47)25-13-10-23(42)19-33(25)45/h4-10,12-15,17-19,29-30,35,41-45,48H,11,16H2,1-3H3/t29-,30-,35-/m0/s1. The Labute approximate surface area is 282 Å². The summed E-state index contributed by atoms with van der Waals surface area (Å²) in [5.74, 6) is -5.21. The van der Waals surface area contributed by atoms with Crippen LogP contribution in [-0.4, -0.2) is 36.4 Å². The molecule has 0 aliphatic heterocycles. The molecule has 5 aromatic rings. The minimum atomic E-state index is -1.12. The molecule has 1 aliphatic carbocycles. The van der Waals surface area contributed by atoms with Crippen LogP contribution in [0, 0.1) is 5.92 Å². The summed E-state index contributed by atoms with van der Waals surface area (Å²) in [5.41, 5.74) is 2.45. The minimum Gasteiger partial charge on any atom is -0.508 e. The fourth-order valence-electron chi connectivity index (χ4n) is 6.87. The summed E-state index contributed by atoms with van der Waals surface area (Å²) in [7, 11) is 0. The molecule has 1 heterocycles. The van der Waals surface area contributed by atoms with Crippen LogP contribution >= 0.6 is 0 Å². The number of Topliss-reactive ketones (excluding diaryl/α,β-unsaturated/α-hetero) is 1. The maximum absolute atomic E-state index is 14.5. The number of para-hydroxylation sites is 1. The zero-order valence-corrected chi connectivity index (χ0v) is 27.1. The molecule has 49 heavy (non-hydrogen) atoms. The van der Waals surface area contributed by atoms with Gasteiger partial charge in [0.25, 0.3) is 0 Å². The van der Waals surface area contributed by atoms with Gasteiger partial charge in [0.15, 0.2) is 11.2 Å². The lowest BCUT2D eigenvalue weighted by Crippen LogP contribution is -2.31. The smallest absolute Gasteiger partial charge is 0.196 e. The van der Waals surface area contributed by atoms with Gasteiger partial charge in [-0.05, 0) is 81.6 Å². The maximum Gasteiger partial charge on any atom is 0.196 e. The second-order valence-electron chi connectivity index (χ2n) is 12.8. The molecule has 9 nitrogen and oxygen atoms in total. The van der Waals surface area contributed by atoms with Crippen molar-refractivity contribution in [1.82, 2.24) is 0 Å². The number of rotatable bonds is 7. The van der Waals surface area contributed by atoms with Crippen molar-refractivity contribution in [3.05, 3.63) is 129 Å². The SMILES string of the molecule is CC(C)=CCc1c(-c2ccc(O)c([C@H]3C=C(C)C[C@@H](c4ccc(O)cc4O)[C@@H]3C(=O)c3ccc(O)cc3O)c2O)oc2ccccc2c1=O. The minimum absolute atomic E-state index is 0.0135. The van der Waals surface area contributed by atoms with Crippen molar-refractivity contribution < 1.29 is 39.9 Å². The molecular formula is C40H36O9. The number of phenols is 6. The predicted octanol–water partition coefficient (Wildman–Crippen LogP) is 7.92. The highest BCUT2D eigenvalue weighted by Gasteiger charge is 2.43. The normalized spacial score (nSPS) is 17.4. The van der Waals surface area contributed by atoms with Crippen LogP contribution in [0.5, 0.6) is 34.5 Å². The van der Waals surface area contributed by atoms with Crippen LogP contribution < -0.4 is 5.43 Å². The van der Waals surface area contributed by atoms with Crippen LogP contribution in [0.2, 0.25) is 0 Å². The molecule has 4 aromatic carbocycles. The van der Waals surface area contributed by atoms with Crippen molar-refractivity contribution in [1.29, 1.82) is 0 Å². The first-order valence-electron chi connectivity index (χ1n) is 15.8. The molecule has 0 bridgehead atoms. The number of carbonyl (C=O) groups excluding carboxylic acids is 1. The number of benzene rings is 4. The fourth-order valence-corrected chi connectivity index (χ4v) is 6.87. The van der Waals surface area contributed by atoms with Crippen molar-refractivity contribution >= 4 is 16.8 Å². The molecule has 9 heteroatoms. The molecule has 0 saturated heterocycles. The van der Waals surface area contributed by atoms with Gasteiger partial charge in [0.1, 0.15) is 45.8 Å². The molecule has 6 rings (SSSR count). The number of aromatic hydroxyl groups is 6. The highest BCUT2D eigenvalue weighted by molar-refractivity contribution is 6.02. The van der Waals surface area contributed by atoms with E-state index in [1.807, 2.05) is 26.8 Å². The van der Waals surface area contributed by atoms with E-state index in [0.29, 0.717) is 22.1 Å². The zero-order valence-electron chi connectivity index (χ0n) is 27.1. The first-order valence-corrected chi connectivity index (χ1v) is 15.8. The van der Waals surface area contributed by atoms with Crippen molar-refractivity contribution in [3.8, 4) is 45.8 Å². The fraction of sp³-hybridized carbons (Fsp3) is 0.200. The molecule has 0 spiro atoms. The molecule has 1 aromatic heterocycles. The van der Waals surface area contributed by atoms with E-state index in [2.05, 4.69) is 0 Å². The summed E-state index contributed by atoms with van der Waals surface area (Å²) in [6, 6.07) is 17.3. The lowest BCUT2D eigenvalue weighted by molar-refractivity contribution is 0.0876. The third kappa shape index (κ3) is 6.11. The highest BCUT2D eigenvalue weighted by atomic mass is 16.3. The number of fused-ring (bicyclic) bond motifs is 1. The van der Waals surface area contributed by atoms with E-state index in [1.165, 1.54) is 42.5 Å². The van der Waals surface area contributed by atoms with E-state index >= 15 is 0 Å². The number of carbonyl (C=O) groups is 1. The van der Waals surface area contributed by atoms with Crippen molar-refractivity contribution in [2.75, 3.05) is 0 Å². The largest absolute Gasteiger partial charge is 0.508 e. The Kier molecular flexibility index (Phi) is 8.69. The molecular weight excluding hydrogens is 624 g/mol. The molecule has 3 atom stereocenters. The van der Waals surface area contributed by atoms with Gasteiger partial charge in [0, 0.05) is 41.0 Å². The number of hydrogen-bond acceptors (Lipinski definition) is 9. The Morgan fingerprint density at radius 3 is 2.24 bits per heavy atom. The Balaban J connectivity index is 1.61. The van der Waals surface area contributed by atoms with Crippen LogP contribution in [0.3, 0.4) is 0 Å². The number of phenolic OH excluding ortho intramolecular Hbond substituents is 6. The molecule has 0 saturated carbocycles. The monoisotopic (exact) mass is 660 g/mol. The molecule has 6 N–H and O–H groups in total. The molecule has 0 amide bonds. The molecule has 0 fully saturated rings. The van der Waals surface area contributed by atoms with Crippen molar-refractivity contribution in [2.45, 2.75) is 45.4 Å². The number of ketones is 1. The molecule has 250 valence electrons. The van der Waals surface area contributed by atoms with Gasteiger partial charge in [-0.1, -0.05) is 41.5 Å². The van der Waals surface area contributed by atoms with Gasteiger partial charge in [-0.15, -0.1) is 0 Å². The third-order valence-electron chi connectivity index (χ3n) is 9.17. The Hall–Kier alpha value is -5.96. The van der Waals surface area contributed by atoms with E-state index in [1.54, 1.807) is 30.3 Å². The summed E-state index contributed by atoms with van der Waals surface area (Å²) in [6.45, 7) is 5.64.